The number of hydrogen-bond acceptors (Lipinski definition) is 9. The van der Waals surface area contributed by atoms with Crippen molar-refractivity contribution < 1.29 is 37.6 Å². The van der Waals surface area contributed by atoms with Gasteiger partial charge in [-0.25, -0.2) is 8.42 Å². The Morgan fingerprint density at radius 2 is 1.63 bits per heavy atom. The van der Waals surface area contributed by atoms with Gasteiger partial charge in [0.1, 0.15) is 12.4 Å². The first-order valence-electron chi connectivity index (χ1n) is 14.4. The van der Waals surface area contributed by atoms with Crippen LogP contribution in [0.4, 0.5) is 5.69 Å². The summed E-state index contributed by atoms with van der Waals surface area (Å²) in [5.41, 5.74) is 2.45. The van der Waals surface area contributed by atoms with Crippen LogP contribution in [0.2, 0.25) is 0 Å². The van der Waals surface area contributed by atoms with E-state index in [2.05, 4.69) is 10.0 Å². The summed E-state index contributed by atoms with van der Waals surface area (Å²) in [6, 6.07) is 20.2. The highest BCUT2D eigenvalue weighted by molar-refractivity contribution is 7.92. The van der Waals surface area contributed by atoms with Gasteiger partial charge in [0, 0.05) is 31.3 Å². The van der Waals surface area contributed by atoms with Crippen LogP contribution in [0, 0.1) is 0 Å². The summed E-state index contributed by atoms with van der Waals surface area (Å²) in [5.74, 6) is -0.408. The van der Waals surface area contributed by atoms with Crippen LogP contribution in [0.25, 0.3) is 0 Å². The van der Waals surface area contributed by atoms with Gasteiger partial charge in [-0.15, -0.1) is 0 Å². The van der Waals surface area contributed by atoms with Crippen molar-refractivity contribution in [2.24, 2.45) is 0 Å². The van der Waals surface area contributed by atoms with E-state index in [1.807, 2.05) is 6.07 Å². The standard InChI is InChI=1S/C32H42N2O8S/c1-25(35)42-24-28-21-27(14-15-31(28)36)32(37)22-33-16-7-2-3-8-17-40-18-19-41-23-26-10-9-11-29(20-26)34-43(38,39)30-12-5-4-6-13-30/h4-6,9-15,20-21,32-34,36-37H,2-3,7-8,16-19,22-24H2,1H3/t32-/m0/s1. The van der Waals surface area contributed by atoms with Gasteiger partial charge in [0.25, 0.3) is 10.0 Å². The minimum Gasteiger partial charge on any atom is -0.508 e. The van der Waals surface area contributed by atoms with E-state index in [1.54, 1.807) is 60.7 Å². The van der Waals surface area contributed by atoms with Crippen molar-refractivity contribution in [1.29, 1.82) is 0 Å². The van der Waals surface area contributed by atoms with Crippen molar-refractivity contribution in [2.75, 3.05) is 37.6 Å². The van der Waals surface area contributed by atoms with Crippen molar-refractivity contribution >= 4 is 21.7 Å². The Balaban J connectivity index is 1.19. The minimum atomic E-state index is -3.64. The zero-order valence-electron chi connectivity index (χ0n) is 24.5. The van der Waals surface area contributed by atoms with Crippen molar-refractivity contribution in [2.45, 2.75) is 56.8 Å². The summed E-state index contributed by atoms with van der Waals surface area (Å²) < 4.78 is 43.9. The number of ether oxygens (including phenoxy) is 3. The van der Waals surface area contributed by atoms with Crippen LogP contribution in [-0.4, -0.2) is 57.5 Å². The number of phenolic OH excluding ortho intramolecular Hbond substituents is 1. The predicted molar refractivity (Wildman–Crippen MR) is 164 cm³/mol. The molecule has 43 heavy (non-hydrogen) atoms. The number of anilines is 1. The number of aromatic hydroxyl groups is 1. The quantitative estimate of drug-likeness (QED) is 0.105. The Labute approximate surface area is 254 Å². The van der Waals surface area contributed by atoms with Gasteiger partial charge in [-0.3, -0.25) is 9.52 Å². The summed E-state index contributed by atoms with van der Waals surface area (Å²) in [4.78, 5) is 11.2. The molecule has 3 aromatic carbocycles. The average molecular weight is 615 g/mol. The molecule has 0 unspecified atom stereocenters. The molecule has 3 rings (SSSR count). The molecule has 0 aliphatic carbocycles. The lowest BCUT2D eigenvalue weighted by Crippen LogP contribution is -2.22. The molecule has 0 radical (unpaired) electrons. The number of rotatable bonds is 20. The van der Waals surface area contributed by atoms with Gasteiger partial charge in [0.05, 0.1) is 30.8 Å². The number of esters is 1. The first-order chi connectivity index (χ1) is 20.7. The third-order valence-corrected chi connectivity index (χ3v) is 7.92. The largest absolute Gasteiger partial charge is 0.508 e. The number of aliphatic hydroxyl groups excluding tert-OH is 1. The molecule has 0 aliphatic heterocycles. The van der Waals surface area contributed by atoms with Crippen LogP contribution in [0.3, 0.4) is 0 Å². The molecular weight excluding hydrogens is 572 g/mol. The summed E-state index contributed by atoms with van der Waals surface area (Å²) in [5, 5.41) is 23.6. The number of sulfonamides is 1. The molecule has 0 saturated carbocycles. The molecule has 234 valence electrons. The highest BCUT2D eigenvalue weighted by atomic mass is 32.2. The number of unbranched alkanes of at least 4 members (excludes halogenated alkanes) is 3. The highest BCUT2D eigenvalue weighted by Gasteiger charge is 2.14. The fourth-order valence-electron chi connectivity index (χ4n) is 4.22. The summed E-state index contributed by atoms with van der Waals surface area (Å²) in [7, 11) is -3.64. The summed E-state index contributed by atoms with van der Waals surface area (Å²) in [6.45, 7) is 4.37. The lowest BCUT2D eigenvalue weighted by Gasteiger charge is -2.14. The molecule has 0 heterocycles. The average Bonchev–Trinajstić information content (AvgIpc) is 2.99. The lowest BCUT2D eigenvalue weighted by molar-refractivity contribution is -0.142. The minimum absolute atomic E-state index is 0.0247. The molecule has 0 aromatic heterocycles. The highest BCUT2D eigenvalue weighted by Crippen LogP contribution is 2.23. The number of carbonyl (C=O) groups is 1. The van der Waals surface area contributed by atoms with Crippen molar-refractivity contribution in [3.8, 4) is 5.75 Å². The Bertz CT molecular complexity index is 1370. The van der Waals surface area contributed by atoms with Gasteiger partial charge in [0.2, 0.25) is 0 Å². The zero-order chi connectivity index (χ0) is 30.9. The van der Waals surface area contributed by atoms with Gasteiger partial charge in [-0.2, -0.15) is 0 Å². The van der Waals surface area contributed by atoms with E-state index in [0.717, 1.165) is 37.8 Å². The molecule has 4 N–H and O–H groups in total. The maximum Gasteiger partial charge on any atom is 0.302 e. The number of benzene rings is 3. The van der Waals surface area contributed by atoms with E-state index in [9.17, 15) is 23.4 Å². The van der Waals surface area contributed by atoms with Crippen molar-refractivity contribution in [3.05, 3.63) is 89.5 Å². The summed E-state index contributed by atoms with van der Waals surface area (Å²) >= 11 is 0. The van der Waals surface area contributed by atoms with E-state index in [1.165, 1.54) is 13.0 Å². The van der Waals surface area contributed by atoms with Gasteiger partial charge < -0.3 is 29.7 Å². The molecular formula is C32H42N2O8S. The van der Waals surface area contributed by atoms with E-state index < -0.39 is 22.1 Å². The third-order valence-electron chi connectivity index (χ3n) is 6.52. The Morgan fingerprint density at radius 3 is 2.42 bits per heavy atom. The van der Waals surface area contributed by atoms with Crippen LogP contribution < -0.4 is 10.0 Å². The number of carbonyl (C=O) groups excluding carboxylic acids is 1. The van der Waals surface area contributed by atoms with E-state index in [0.29, 0.717) is 49.8 Å². The molecule has 0 fully saturated rings. The first kappa shape index (κ1) is 34.0. The van der Waals surface area contributed by atoms with Crippen LogP contribution >= 0.6 is 0 Å². The van der Waals surface area contributed by atoms with E-state index in [-0.39, 0.29) is 17.3 Å². The molecule has 0 aliphatic rings. The molecule has 1 atom stereocenters. The molecule has 10 nitrogen and oxygen atoms in total. The second kappa shape index (κ2) is 18.2. The number of phenols is 1. The Kier molecular flexibility index (Phi) is 14.4. The van der Waals surface area contributed by atoms with Gasteiger partial charge in [0.15, 0.2) is 0 Å². The van der Waals surface area contributed by atoms with Gasteiger partial charge in [-0.05, 0) is 66.9 Å². The molecule has 0 saturated heterocycles. The van der Waals surface area contributed by atoms with Crippen molar-refractivity contribution in [3.63, 3.8) is 0 Å². The molecule has 0 spiro atoms. The number of aliphatic hydroxyl groups is 1. The van der Waals surface area contributed by atoms with E-state index >= 15 is 0 Å². The third kappa shape index (κ3) is 12.7. The van der Waals surface area contributed by atoms with Crippen LogP contribution in [0.5, 0.6) is 5.75 Å². The van der Waals surface area contributed by atoms with Crippen LogP contribution in [0.1, 0.15) is 55.4 Å². The molecule has 11 heteroatoms. The molecule has 3 aromatic rings. The lowest BCUT2D eigenvalue weighted by atomic mass is 10.1. The van der Waals surface area contributed by atoms with E-state index in [4.69, 9.17) is 14.2 Å². The Morgan fingerprint density at radius 1 is 0.860 bits per heavy atom. The first-order valence-corrected chi connectivity index (χ1v) is 15.9. The van der Waals surface area contributed by atoms with Crippen molar-refractivity contribution in [1.82, 2.24) is 5.32 Å². The number of nitrogens with one attached hydrogen (secondary N) is 2. The maximum absolute atomic E-state index is 12.5. The zero-order valence-corrected chi connectivity index (χ0v) is 25.4. The maximum atomic E-state index is 12.5. The normalized spacial score (nSPS) is 12.1. The van der Waals surface area contributed by atoms with Gasteiger partial charge in [-0.1, -0.05) is 49.2 Å². The second-order valence-electron chi connectivity index (χ2n) is 10.1. The van der Waals surface area contributed by atoms with Crippen LogP contribution in [-0.2, 0) is 42.2 Å². The Hall–Kier alpha value is -3.48. The second-order valence-corrected chi connectivity index (χ2v) is 11.8. The molecule has 0 bridgehead atoms. The smallest absolute Gasteiger partial charge is 0.302 e. The fraction of sp³-hybridized carbons (Fsp3) is 0.406. The number of hydrogen-bond donors (Lipinski definition) is 4. The fourth-order valence-corrected chi connectivity index (χ4v) is 5.29. The summed E-state index contributed by atoms with van der Waals surface area (Å²) in [6.07, 6.45) is 3.27. The SMILES string of the molecule is CC(=O)OCc1cc([C@@H](O)CNCCCCCCOCCOCc2cccc(NS(=O)(=O)c3ccccc3)c2)ccc1O. The predicted octanol–water partition coefficient (Wildman–Crippen LogP) is 4.67. The monoisotopic (exact) mass is 614 g/mol. The molecule has 0 amide bonds. The van der Waals surface area contributed by atoms with Crippen LogP contribution in [0.15, 0.2) is 77.7 Å². The van der Waals surface area contributed by atoms with Gasteiger partial charge >= 0.3 is 5.97 Å². The topological polar surface area (TPSA) is 143 Å².